The van der Waals surface area contributed by atoms with Gasteiger partial charge in [-0.3, -0.25) is 14.5 Å². The number of carbonyl (C=O) groups excluding carboxylic acids is 2. The van der Waals surface area contributed by atoms with Gasteiger partial charge in [0.1, 0.15) is 6.04 Å². The highest BCUT2D eigenvalue weighted by Gasteiger charge is 2.42. The quantitative estimate of drug-likeness (QED) is 0.596. The number of carbonyl (C=O) groups is 2. The number of halogens is 3. The molecule has 2 aromatic rings. The van der Waals surface area contributed by atoms with Gasteiger partial charge in [0, 0.05) is 6.07 Å². The van der Waals surface area contributed by atoms with Crippen LogP contribution in [0.3, 0.4) is 0 Å². The van der Waals surface area contributed by atoms with Crippen molar-refractivity contribution in [3.05, 3.63) is 52.1 Å². The van der Waals surface area contributed by atoms with Crippen LogP contribution in [0.25, 0.3) is 0 Å². The maximum Gasteiger partial charge on any atom is 0.418 e. The first kappa shape index (κ1) is 21.0. The van der Waals surface area contributed by atoms with E-state index in [-0.39, 0.29) is 11.6 Å². The molecule has 1 N–H and O–H groups in total. The molecule has 0 bridgehead atoms. The molecular weight excluding hydrogens is 409 g/mol. The Morgan fingerprint density at radius 3 is 2.60 bits per heavy atom. The molecule has 158 valence electrons. The summed E-state index contributed by atoms with van der Waals surface area (Å²) in [5, 5.41) is 13.2. The molecule has 30 heavy (non-hydrogen) atoms. The van der Waals surface area contributed by atoms with E-state index in [4.69, 9.17) is 4.74 Å². The van der Waals surface area contributed by atoms with Gasteiger partial charge in [0.05, 0.1) is 11.3 Å². The molecular formula is C18H15F3N4O5. The number of para-hydroxylation sites is 1. The Kier molecular flexibility index (Phi) is 5.33. The topological polar surface area (TPSA) is 115 Å². The van der Waals surface area contributed by atoms with E-state index in [1.807, 2.05) is 0 Å². The van der Waals surface area contributed by atoms with Crippen molar-refractivity contribution in [1.29, 1.82) is 0 Å². The number of amides is 2. The number of ether oxygens (including phenoxy) is 1. The molecule has 12 heteroatoms. The highest BCUT2D eigenvalue weighted by Crippen LogP contribution is 2.37. The normalized spacial score (nSPS) is 17.0. The average Bonchev–Trinajstić information content (AvgIpc) is 2.67. The fourth-order valence-electron chi connectivity index (χ4n) is 2.90. The zero-order valence-electron chi connectivity index (χ0n) is 15.6. The third-order valence-electron chi connectivity index (χ3n) is 4.39. The van der Waals surface area contributed by atoms with Gasteiger partial charge in [0.2, 0.25) is 5.91 Å². The summed E-state index contributed by atoms with van der Waals surface area (Å²) in [5.74, 6) is -2.47. The molecule has 2 amide bonds. The maximum absolute atomic E-state index is 13.2. The van der Waals surface area contributed by atoms with Crippen molar-refractivity contribution in [2.45, 2.75) is 32.2 Å². The molecule has 1 aromatic heterocycles. The van der Waals surface area contributed by atoms with E-state index in [1.54, 1.807) is 0 Å². The number of hydrogen-bond acceptors (Lipinski definition) is 6. The van der Waals surface area contributed by atoms with E-state index in [2.05, 4.69) is 10.3 Å². The fourth-order valence-corrected chi connectivity index (χ4v) is 2.90. The van der Waals surface area contributed by atoms with Gasteiger partial charge >= 0.3 is 12.0 Å². The minimum atomic E-state index is -4.70. The number of alkyl halides is 3. The number of anilines is 2. The lowest BCUT2D eigenvalue weighted by molar-refractivity contribution is -0.389. The second-order valence-electron chi connectivity index (χ2n) is 6.43. The molecule has 1 aliphatic heterocycles. The Morgan fingerprint density at radius 2 is 1.97 bits per heavy atom. The lowest BCUT2D eigenvalue weighted by atomic mass is 10.1. The Hall–Kier alpha value is -3.70. The minimum Gasteiger partial charge on any atom is -0.475 e. The minimum absolute atomic E-state index is 0.0306. The third kappa shape index (κ3) is 3.88. The zero-order valence-corrected chi connectivity index (χ0v) is 15.6. The molecule has 0 radical (unpaired) electrons. The summed E-state index contributed by atoms with van der Waals surface area (Å²) in [6.45, 7) is 2.68. The highest BCUT2D eigenvalue weighted by atomic mass is 19.4. The summed E-state index contributed by atoms with van der Waals surface area (Å²) in [4.78, 5) is 40.2. The Morgan fingerprint density at radius 1 is 1.30 bits per heavy atom. The first-order valence-corrected chi connectivity index (χ1v) is 8.63. The van der Waals surface area contributed by atoms with E-state index >= 15 is 0 Å². The van der Waals surface area contributed by atoms with Crippen LogP contribution < -0.4 is 15.0 Å². The molecule has 1 aliphatic rings. The van der Waals surface area contributed by atoms with Gasteiger partial charge in [-0.1, -0.05) is 12.1 Å². The van der Waals surface area contributed by atoms with Gasteiger partial charge in [-0.2, -0.15) is 13.2 Å². The molecule has 0 saturated carbocycles. The fraction of sp³-hybridized carbons (Fsp3) is 0.278. The summed E-state index contributed by atoms with van der Waals surface area (Å²) < 4.78 is 44.9. The summed E-state index contributed by atoms with van der Waals surface area (Å²) >= 11 is 0. The van der Waals surface area contributed by atoms with Crippen LogP contribution in [0, 0.1) is 10.1 Å². The summed E-state index contributed by atoms with van der Waals surface area (Å²) in [6.07, 6.45) is -5.73. The number of rotatable bonds is 4. The van der Waals surface area contributed by atoms with Crippen molar-refractivity contribution >= 4 is 29.1 Å². The molecule has 1 aromatic carbocycles. The maximum atomic E-state index is 13.2. The van der Waals surface area contributed by atoms with Crippen molar-refractivity contribution < 1.29 is 32.4 Å². The molecule has 0 saturated heterocycles. The molecule has 9 nitrogen and oxygen atoms in total. The number of nitrogens with zero attached hydrogens (tertiary/aromatic N) is 3. The van der Waals surface area contributed by atoms with E-state index in [0.29, 0.717) is 0 Å². The molecule has 2 unspecified atom stereocenters. The second-order valence-corrected chi connectivity index (χ2v) is 6.43. The van der Waals surface area contributed by atoms with Gasteiger partial charge in [0.25, 0.3) is 11.7 Å². The van der Waals surface area contributed by atoms with Crippen LogP contribution in [0.4, 0.5) is 30.5 Å². The molecule has 3 rings (SSSR count). The van der Waals surface area contributed by atoms with Crippen LogP contribution >= 0.6 is 0 Å². The number of pyridine rings is 1. The molecule has 0 fully saturated rings. The molecule has 2 heterocycles. The van der Waals surface area contributed by atoms with Crippen LogP contribution in [0.5, 0.6) is 5.75 Å². The zero-order chi connectivity index (χ0) is 22.2. The van der Waals surface area contributed by atoms with Crippen LogP contribution in [-0.2, 0) is 15.8 Å². The molecule has 0 spiro atoms. The Labute approximate surface area is 167 Å². The van der Waals surface area contributed by atoms with Gasteiger partial charge in [-0.15, -0.1) is 0 Å². The lowest BCUT2D eigenvalue weighted by Crippen LogP contribution is -2.53. The van der Waals surface area contributed by atoms with Crippen LogP contribution in [0.1, 0.15) is 19.4 Å². The third-order valence-corrected chi connectivity index (χ3v) is 4.39. The first-order chi connectivity index (χ1) is 14.0. The number of aromatic nitrogens is 1. The van der Waals surface area contributed by atoms with Crippen LogP contribution in [0.2, 0.25) is 0 Å². The highest BCUT2D eigenvalue weighted by molar-refractivity contribution is 6.07. The number of fused-ring (bicyclic) bond motifs is 1. The van der Waals surface area contributed by atoms with Gasteiger partial charge < -0.3 is 20.2 Å². The molecule has 0 aliphatic carbocycles. The largest absolute Gasteiger partial charge is 0.475 e. The number of hydrogen-bond donors (Lipinski definition) is 1. The Bertz CT molecular complexity index is 1030. The standard InChI is InChI=1S/C18H15F3N4O5/c1-9(16(26)22-12-6-4-3-5-11(12)18(19,20)21)24-15-13(30-10(2)17(24)27)7-8-14(23-15)25(28)29/h3-10H,1-2H3,(H,22,26). The van der Waals surface area contributed by atoms with E-state index in [9.17, 15) is 32.9 Å². The predicted octanol–water partition coefficient (Wildman–Crippen LogP) is 3.15. The lowest BCUT2D eigenvalue weighted by Gasteiger charge is -2.32. The molecule has 2 atom stereocenters. The van der Waals surface area contributed by atoms with Crippen LogP contribution in [0.15, 0.2) is 36.4 Å². The number of nitrogens with one attached hydrogen (secondary N) is 1. The van der Waals surface area contributed by atoms with Crippen molar-refractivity contribution in [2.24, 2.45) is 0 Å². The van der Waals surface area contributed by atoms with E-state index in [1.165, 1.54) is 32.0 Å². The summed E-state index contributed by atoms with van der Waals surface area (Å²) in [7, 11) is 0. The number of benzene rings is 1. The van der Waals surface area contributed by atoms with Gasteiger partial charge in [-0.25, -0.2) is 0 Å². The van der Waals surface area contributed by atoms with Crippen molar-refractivity contribution in [2.75, 3.05) is 10.2 Å². The number of nitro groups is 1. The van der Waals surface area contributed by atoms with Crippen LogP contribution in [-0.4, -0.2) is 33.9 Å². The van der Waals surface area contributed by atoms with E-state index in [0.717, 1.165) is 23.1 Å². The van der Waals surface area contributed by atoms with Gasteiger partial charge in [0.15, 0.2) is 11.9 Å². The predicted molar refractivity (Wildman–Crippen MR) is 98.0 cm³/mol. The Balaban J connectivity index is 1.96. The second kappa shape index (κ2) is 7.61. The monoisotopic (exact) mass is 424 g/mol. The summed E-state index contributed by atoms with van der Waals surface area (Å²) in [6, 6.07) is 5.35. The SMILES string of the molecule is CC1Oc2ccc([N+](=O)[O-])nc2N(C(C)C(=O)Nc2ccccc2C(F)(F)F)C1=O. The first-order valence-electron chi connectivity index (χ1n) is 8.63. The van der Waals surface area contributed by atoms with E-state index < -0.39 is 52.1 Å². The van der Waals surface area contributed by atoms with Gasteiger partial charge in [-0.05, 0) is 42.0 Å². The average molecular weight is 424 g/mol. The van der Waals surface area contributed by atoms with Crippen molar-refractivity contribution in [1.82, 2.24) is 4.98 Å². The van der Waals surface area contributed by atoms with Crippen molar-refractivity contribution in [3.63, 3.8) is 0 Å². The summed E-state index contributed by atoms with van der Waals surface area (Å²) in [5.41, 5.74) is -1.54. The smallest absolute Gasteiger partial charge is 0.418 e. The van der Waals surface area contributed by atoms with Crippen molar-refractivity contribution in [3.8, 4) is 5.75 Å².